The van der Waals surface area contributed by atoms with Crippen molar-refractivity contribution in [2.45, 2.75) is 66.2 Å². The van der Waals surface area contributed by atoms with Gasteiger partial charge in [-0.25, -0.2) is 0 Å². The van der Waals surface area contributed by atoms with Crippen LogP contribution in [0.15, 0.2) is 36.4 Å². The zero-order chi connectivity index (χ0) is 22.3. The Morgan fingerprint density at radius 2 is 0.964 bits per heavy atom. The van der Waals surface area contributed by atoms with E-state index in [2.05, 4.69) is 46.4 Å². The predicted octanol–water partition coefficient (Wildman–Crippen LogP) is 7.34. The Labute approximate surface area is 184 Å². The minimum absolute atomic E-state index is 0.0239. The van der Waals surface area contributed by atoms with Gasteiger partial charge in [-0.3, -0.25) is 0 Å². The number of aryl methyl sites for hydroxylation is 2. The van der Waals surface area contributed by atoms with E-state index in [1.54, 1.807) is 12.1 Å². The molecule has 2 nitrogen and oxygen atoms in total. The first-order valence-electron chi connectivity index (χ1n) is 9.15. The third-order valence-corrected chi connectivity index (χ3v) is 3.92. The number of hydrogen-bond acceptors (Lipinski definition) is 2. The van der Waals surface area contributed by atoms with Gasteiger partial charge in [-0.15, -0.1) is 0 Å². The molecule has 0 unspecified atom stereocenters. The fourth-order valence-corrected chi connectivity index (χ4v) is 2.50. The van der Waals surface area contributed by atoms with Gasteiger partial charge in [0.05, 0.1) is 0 Å². The average molecular weight is 461 g/mol. The van der Waals surface area contributed by atoms with E-state index in [4.69, 9.17) is 18.6 Å². The zero-order valence-corrected chi connectivity index (χ0v) is 21.4. The van der Waals surface area contributed by atoms with E-state index in [1.165, 1.54) is 11.1 Å². The molecule has 2 aromatic rings. The molecule has 0 amide bonds. The second-order valence-electron chi connectivity index (χ2n) is 8.88. The van der Waals surface area contributed by atoms with Crippen LogP contribution in [-0.4, -0.2) is 15.0 Å². The van der Waals surface area contributed by atoms with Gasteiger partial charge in [0, 0.05) is 0 Å². The van der Waals surface area contributed by atoms with E-state index in [0.29, 0.717) is 11.5 Å². The number of phenols is 2. The van der Waals surface area contributed by atoms with Crippen molar-refractivity contribution in [3.8, 4) is 11.5 Å². The molecule has 2 N–H and O–H groups in total. The van der Waals surface area contributed by atoms with E-state index in [0.717, 1.165) is 11.1 Å². The van der Waals surface area contributed by atoms with Gasteiger partial charge in [-0.05, 0) is 47.9 Å². The molecular weight excluding hydrogens is 427 g/mol. The molecule has 0 aliphatic heterocycles. The maximum atomic E-state index is 9.57. The summed E-state index contributed by atoms with van der Waals surface area (Å²) < 4.78 is 0. The van der Waals surface area contributed by atoms with Crippen molar-refractivity contribution in [3.63, 3.8) is 0 Å². The quantitative estimate of drug-likeness (QED) is 0.403. The van der Waals surface area contributed by atoms with Crippen molar-refractivity contribution in [1.82, 2.24) is 0 Å². The van der Waals surface area contributed by atoms with Crippen LogP contribution in [0.1, 0.15) is 63.8 Å². The molecule has 0 atom stereocenters. The van der Waals surface area contributed by atoms with Crippen LogP contribution in [-0.2, 0) is 26.1 Å². The zero-order valence-electron chi connectivity index (χ0n) is 18.3. The van der Waals surface area contributed by atoms with Crippen LogP contribution in [0.4, 0.5) is 0 Å². The summed E-state index contributed by atoms with van der Waals surface area (Å²) in [7, 11) is 10.2. The predicted molar refractivity (Wildman–Crippen MR) is 122 cm³/mol. The first-order valence-corrected chi connectivity index (χ1v) is 14.6. The summed E-state index contributed by atoms with van der Waals surface area (Å²) in [5.74, 6) is 0.793. The van der Waals surface area contributed by atoms with Gasteiger partial charge in [0.25, 0.3) is 0 Å². The molecule has 0 bridgehead atoms. The molecule has 0 fully saturated rings. The number of halogens is 2. The summed E-state index contributed by atoms with van der Waals surface area (Å²) >= 11 is -1.64. The molecule has 2 rings (SSSR count). The molecule has 0 saturated carbocycles. The summed E-state index contributed by atoms with van der Waals surface area (Å²) in [5, 5.41) is 19.1. The number of hydrogen-bond donors (Lipinski definition) is 2. The minimum atomic E-state index is -1.64. The standard InChI is InChI=1S/2C11H16O.CH2.2ClH.Ti/c2*1-8-5-6-10(12)9(7-8)11(2,3)4;;;;/h2*5-7,12H,1-4H3;1H2;2*1H;/q;;;;;+2/p-2. The molecular formula is C23H34Cl2O2Ti. The van der Waals surface area contributed by atoms with Crippen molar-refractivity contribution in [3.05, 3.63) is 58.7 Å². The third kappa shape index (κ3) is 10.7. The monoisotopic (exact) mass is 460 g/mol. The molecule has 0 aliphatic rings. The van der Waals surface area contributed by atoms with Crippen molar-refractivity contribution in [2.75, 3.05) is 0 Å². The van der Waals surface area contributed by atoms with Crippen molar-refractivity contribution >= 4 is 23.4 Å². The maximum absolute atomic E-state index is 9.57. The first kappa shape index (κ1) is 27.2. The Morgan fingerprint density at radius 3 is 1.14 bits per heavy atom. The second-order valence-corrected chi connectivity index (χ2v) is 14.5. The van der Waals surface area contributed by atoms with Gasteiger partial charge >= 0.3 is 38.7 Å². The fourth-order valence-electron chi connectivity index (χ4n) is 2.50. The molecule has 5 heteroatoms. The molecule has 0 spiro atoms. The van der Waals surface area contributed by atoms with Crippen molar-refractivity contribution < 1.29 is 25.5 Å². The third-order valence-electron chi connectivity index (χ3n) is 3.92. The molecule has 0 aliphatic carbocycles. The van der Waals surface area contributed by atoms with Crippen LogP contribution in [0, 0.1) is 13.8 Å². The molecule has 28 heavy (non-hydrogen) atoms. The molecule has 0 heterocycles. The van der Waals surface area contributed by atoms with E-state index < -0.39 is 15.3 Å². The SMILES string of the molecule is Cc1ccc(O)c(C(C)(C)C)c1.Cc1ccc(O)c(C(C)(C)C)c1.[CH2]=[Ti]([Cl])[Cl]. The summed E-state index contributed by atoms with van der Waals surface area (Å²) in [6.07, 6.45) is 0. The summed E-state index contributed by atoms with van der Waals surface area (Å²) in [5.41, 5.74) is 4.46. The topological polar surface area (TPSA) is 40.5 Å². The number of rotatable bonds is 0. The van der Waals surface area contributed by atoms with Crippen LogP contribution < -0.4 is 0 Å². The first-order chi connectivity index (χ1) is 12.6. The number of benzene rings is 2. The summed E-state index contributed by atoms with van der Waals surface area (Å²) in [6.45, 7) is 16.7. The van der Waals surface area contributed by atoms with E-state index >= 15 is 0 Å². The van der Waals surface area contributed by atoms with Crippen molar-refractivity contribution in [1.29, 1.82) is 0 Å². The van der Waals surface area contributed by atoms with Crippen LogP contribution in [0.25, 0.3) is 0 Å². The van der Waals surface area contributed by atoms with E-state index in [9.17, 15) is 10.2 Å². The van der Waals surface area contributed by atoms with Gasteiger partial charge < -0.3 is 10.2 Å². The van der Waals surface area contributed by atoms with Gasteiger partial charge in [0.1, 0.15) is 11.5 Å². The van der Waals surface area contributed by atoms with E-state index in [1.807, 2.05) is 38.1 Å². The number of phenolic OH excluding ortho intramolecular Hbond substituents is 2. The van der Waals surface area contributed by atoms with Crippen LogP contribution >= 0.6 is 18.6 Å². The van der Waals surface area contributed by atoms with Gasteiger partial charge in [-0.2, -0.15) is 0 Å². The number of aromatic hydroxyl groups is 2. The molecule has 2 aromatic carbocycles. The molecule has 0 saturated heterocycles. The Hall–Kier alpha value is -0.796. The summed E-state index contributed by atoms with van der Waals surface area (Å²) in [6, 6.07) is 11.4. The van der Waals surface area contributed by atoms with Crippen LogP contribution in [0.5, 0.6) is 11.5 Å². The average Bonchev–Trinajstić information content (AvgIpc) is 2.50. The Morgan fingerprint density at radius 1 is 0.714 bits per heavy atom. The second kappa shape index (κ2) is 11.4. The van der Waals surface area contributed by atoms with Crippen LogP contribution in [0.3, 0.4) is 0 Å². The summed E-state index contributed by atoms with van der Waals surface area (Å²) in [4.78, 5) is 3.34. The normalized spacial score (nSPS) is 10.9. The van der Waals surface area contributed by atoms with Crippen LogP contribution in [0.2, 0.25) is 0 Å². The van der Waals surface area contributed by atoms with Crippen molar-refractivity contribution in [2.24, 2.45) is 0 Å². The van der Waals surface area contributed by atoms with E-state index in [-0.39, 0.29) is 10.8 Å². The molecule has 0 radical (unpaired) electrons. The Kier molecular flexibility index (Phi) is 11.1. The Bertz CT molecular complexity index is 723. The van der Waals surface area contributed by atoms with Gasteiger partial charge in [0.15, 0.2) is 0 Å². The molecule has 156 valence electrons. The Balaban J connectivity index is 0.000000439. The fraction of sp³-hybridized carbons (Fsp3) is 0.435. The van der Waals surface area contributed by atoms with Gasteiger partial charge in [-0.1, -0.05) is 76.9 Å². The van der Waals surface area contributed by atoms with Gasteiger partial charge in [0.2, 0.25) is 0 Å². The molecule has 0 aromatic heterocycles.